The lowest BCUT2D eigenvalue weighted by Gasteiger charge is -2.01. The molecule has 0 atom stereocenters. The molecule has 0 aliphatic rings. The van der Waals surface area contributed by atoms with Crippen molar-refractivity contribution < 1.29 is 4.79 Å². The quantitative estimate of drug-likeness (QED) is 0.503. The van der Waals surface area contributed by atoms with Crippen LogP contribution < -0.4 is 0 Å². The van der Waals surface area contributed by atoms with E-state index in [0.717, 1.165) is 18.5 Å². The number of nitrogens with zero attached hydrogens (tertiary/aromatic N) is 1. The Labute approximate surface area is 79.6 Å². The Balaban J connectivity index is 2.45. The van der Waals surface area contributed by atoms with Crippen LogP contribution in [0.15, 0.2) is 18.3 Å². The monoisotopic (exact) mass is 179 g/mol. The number of carbonyl (C=O) groups excluding carboxylic acids is 1. The molecule has 0 aliphatic carbocycles. The fraction of sp³-hybridized carbons (Fsp3) is 0.545. The first-order chi connectivity index (χ1) is 6.25. The molecule has 0 radical (unpaired) electrons. The molecule has 13 heavy (non-hydrogen) atoms. The molecule has 0 spiro atoms. The predicted molar refractivity (Wildman–Crippen MR) is 53.9 cm³/mol. The third kappa shape index (κ3) is 2.72. The van der Waals surface area contributed by atoms with Gasteiger partial charge in [-0.3, -0.25) is 4.79 Å². The summed E-state index contributed by atoms with van der Waals surface area (Å²) in [5, 5.41) is 0. The molecule has 0 bridgehead atoms. The number of unbranched alkanes of at least 4 members (excludes halogenated alkanes) is 2. The summed E-state index contributed by atoms with van der Waals surface area (Å²) in [5.74, 6) is 0.265. The van der Waals surface area contributed by atoms with E-state index in [-0.39, 0.29) is 5.78 Å². The Morgan fingerprint density at radius 1 is 1.46 bits per heavy atom. The lowest BCUT2D eigenvalue weighted by Crippen LogP contribution is -2.04. The van der Waals surface area contributed by atoms with Gasteiger partial charge in [0.25, 0.3) is 0 Å². The maximum absolute atomic E-state index is 11.6. The second kappa shape index (κ2) is 4.85. The second-order valence-electron chi connectivity index (χ2n) is 3.38. The highest BCUT2D eigenvalue weighted by Crippen LogP contribution is 2.07. The second-order valence-corrected chi connectivity index (χ2v) is 3.38. The van der Waals surface area contributed by atoms with Gasteiger partial charge in [0.05, 0.1) is 5.69 Å². The molecule has 72 valence electrons. The summed E-state index contributed by atoms with van der Waals surface area (Å²) in [6.45, 7) is 2.15. The van der Waals surface area contributed by atoms with Crippen LogP contribution >= 0.6 is 0 Å². The topological polar surface area (TPSA) is 22.0 Å². The maximum atomic E-state index is 11.6. The van der Waals surface area contributed by atoms with E-state index in [0.29, 0.717) is 6.42 Å². The van der Waals surface area contributed by atoms with Crippen LogP contribution in [0.3, 0.4) is 0 Å². The van der Waals surface area contributed by atoms with Crippen LogP contribution in [-0.4, -0.2) is 10.4 Å². The summed E-state index contributed by atoms with van der Waals surface area (Å²) >= 11 is 0. The number of ketones is 1. The van der Waals surface area contributed by atoms with E-state index in [9.17, 15) is 4.79 Å². The summed E-state index contributed by atoms with van der Waals surface area (Å²) in [7, 11) is 1.91. The number of hydrogen-bond acceptors (Lipinski definition) is 1. The lowest BCUT2D eigenvalue weighted by atomic mass is 10.1. The maximum Gasteiger partial charge on any atom is 0.179 e. The Morgan fingerprint density at radius 2 is 2.23 bits per heavy atom. The van der Waals surface area contributed by atoms with Gasteiger partial charge >= 0.3 is 0 Å². The molecular weight excluding hydrogens is 162 g/mol. The first kappa shape index (κ1) is 10.0. The fourth-order valence-corrected chi connectivity index (χ4v) is 1.41. The van der Waals surface area contributed by atoms with Crippen LogP contribution in [0.25, 0.3) is 0 Å². The van der Waals surface area contributed by atoms with E-state index in [1.807, 2.05) is 29.9 Å². The predicted octanol–water partition coefficient (Wildman–Crippen LogP) is 2.79. The van der Waals surface area contributed by atoms with E-state index >= 15 is 0 Å². The SMILES string of the molecule is CCCCCC(=O)c1cccn1C. The summed E-state index contributed by atoms with van der Waals surface area (Å²) in [4.78, 5) is 11.6. The fourth-order valence-electron chi connectivity index (χ4n) is 1.41. The molecule has 0 saturated heterocycles. The minimum absolute atomic E-state index is 0.265. The van der Waals surface area contributed by atoms with Gasteiger partial charge in [0.15, 0.2) is 5.78 Å². The highest BCUT2D eigenvalue weighted by Gasteiger charge is 2.07. The van der Waals surface area contributed by atoms with Crippen molar-refractivity contribution in [3.05, 3.63) is 24.0 Å². The van der Waals surface area contributed by atoms with Crippen LogP contribution in [0.4, 0.5) is 0 Å². The van der Waals surface area contributed by atoms with E-state index < -0.39 is 0 Å². The van der Waals surface area contributed by atoms with E-state index in [2.05, 4.69) is 6.92 Å². The van der Waals surface area contributed by atoms with Gasteiger partial charge in [-0.15, -0.1) is 0 Å². The van der Waals surface area contributed by atoms with Crippen molar-refractivity contribution in [2.24, 2.45) is 7.05 Å². The van der Waals surface area contributed by atoms with Gasteiger partial charge < -0.3 is 4.57 Å². The van der Waals surface area contributed by atoms with Crippen molar-refractivity contribution in [2.75, 3.05) is 0 Å². The standard InChI is InChI=1S/C11H17NO/c1-3-4-5-8-11(13)10-7-6-9-12(10)2/h6-7,9H,3-5,8H2,1-2H3. The zero-order valence-electron chi connectivity index (χ0n) is 8.42. The molecule has 1 aromatic heterocycles. The largest absolute Gasteiger partial charge is 0.348 e. The number of hydrogen-bond donors (Lipinski definition) is 0. The summed E-state index contributed by atoms with van der Waals surface area (Å²) in [6, 6.07) is 3.79. The number of Topliss-reactive ketones (excluding diaryl/α,β-unsaturated/α-hetero) is 1. The number of aromatic nitrogens is 1. The van der Waals surface area contributed by atoms with E-state index in [1.54, 1.807) is 0 Å². The third-order valence-electron chi connectivity index (χ3n) is 2.24. The van der Waals surface area contributed by atoms with E-state index in [1.165, 1.54) is 6.42 Å². The number of aryl methyl sites for hydroxylation is 1. The molecule has 2 nitrogen and oxygen atoms in total. The molecule has 0 N–H and O–H groups in total. The van der Waals surface area contributed by atoms with Crippen LogP contribution in [0.1, 0.15) is 43.1 Å². The van der Waals surface area contributed by atoms with Crippen LogP contribution in [0.2, 0.25) is 0 Å². The normalized spacial score (nSPS) is 10.3. The van der Waals surface area contributed by atoms with Crippen LogP contribution in [-0.2, 0) is 7.05 Å². The lowest BCUT2D eigenvalue weighted by molar-refractivity contribution is 0.0971. The summed E-state index contributed by atoms with van der Waals surface area (Å²) in [6.07, 6.45) is 5.93. The van der Waals surface area contributed by atoms with Crippen LogP contribution in [0.5, 0.6) is 0 Å². The van der Waals surface area contributed by atoms with Crippen molar-refractivity contribution in [3.63, 3.8) is 0 Å². The molecule has 2 heteroatoms. The molecule has 0 saturated carbocycles. The minimum atomic E-state index is 0.265. The minimum Gasteiger partial charge on any atom is -0.348 e. The molecule has 0 fully saturated rings. The molecule has 0 aromatic carbocycles. The van der Waals surface area contributed by atoms with Crippen molar-refractivity contribution in [1.29, 1.82) is 0 Å². The van der Waals surface area contributed by atoms with Gasteiger partial charge in [-0.2, -0.15) is 0 Å². The Kier molecular flexibility index (Phi) is 3.74. The van der Waals surface area contributed by atoms with Gasteiger partial charge in [-0.05, 0) is 18.6 Å². The summed E-state index contributed by atoms with van der Waals surface area (Å²) < 4.78 is 1.88. The average Bonchev–Trinajstić information content (AvgIpc) is 2.52. The Morgan fingerprint density at radius 3 is 2.77 bits per heavy atom. The average molecular weight is 179 g/mol. The zero-order chi connectivity index (χ0) is 9.68. The Bertz CT molecular complexity index is 275. The van der Waals surface area contributed by atoms with Crippen molar-refractivity contribution in [2.45, 2.75) is 32.6 Å². The highest BCUT2D eigenvalue weighted by molar-refractivity contribution is 5.94. The molecular formula is C11H17NO. The van der Waals surface area contributed by atoms with Crippen LogP contribution in [0, 0.1) is 0 Å². The molecule has 0 aliphatic heterocycles. The van der Waals surface area contributed by atoms with E-state index in [4.69, 9.17) is 0 Å². The highest BCUT2D eigenvalue weighted by atomic mass is 16.1. The van der Waals surface area contributed by atoms with Gasteiger partial charge in [-0.1, -0.05) is 19.8 Å². The number of rotatable bonds is 5. The Hall–Kier alpha value is -1.05. The third-order valence-corrected chi connectivity index (χ3v) is 2.24. The van der Waals surface area contributed by atoms with Crippen molar-refractivity contribution >= 4 is 5.78 Å². The van der Waals surface area contributed by atoms with Gasteiger partial charge in [0.2, 0.25) is 0 Å². The first-order valence-electron chi connectivity index (χ1n) is 4.90. The smallest absolute Gasteiger partial charge is 0.179 e. The molecule has 1 rings (SSSR count). The van der Waals surface area contributed by atoms with Crippen molar-refractivity contribution in [1.82, 2.24) is 4.57 Å². The molecule has 1 aromatic rings. The molecule has 0 amide bonds. The van der Waals surface area contributed by atoms with Gasteiger partial charge in [0, 0.05) is 19.7 Å². The first-order valence-corrected chi connectivity index (χ1v) is 4.90. The number of carbonyl (C=O) groups is 1. The molecule has 1 heterocycles. The summed E-state index contributed by atoms with van der Waals surface area (Å²) in [5.41, 5.74) is 0.830. The molecule has 0 unspecified atom stereocenters. The van der Waals surface area contributed by atoms with Gasteiger partial charge in [0.1, 0.15) is 0 Å². The zero-order valence-corrected chi connectivity index (χ0v) is 8.42. The van der Waals surface area contributed by atoms with Crippen molar-refractivity contribution in [3.8, 4) is 0 Å². The van der Waals surface area contributed by atoms with Gasteiger partial charge in [-0.25, -0.2) is 0 Å².